The summed E-state index contributed by atoms with van der Waals surface area (Å²) < 4.78 is 16.8. The van der Waals surface area contributed by atoms with Gasteiger partial charge in [-0.15, -0.1) is 0 Å². The molecule has 0 fully saturated rings. The standard InChI is InChI=1S/C58H102O6/c1-4-7-10-13-16-19-22-25-27-28-29-31-33-36-39-42-45-48-51-57(60)63-54-55(53-62-56(59)50-47-44-41-38-35-32-24-21-18-15-12-9-6-3)64-58(61)52-49-46-43-40-37-34-30-26-23-20-17-14-11-8-5-2/h8,11,17,20-21,24,26,30,37,40,55H,4-7,9-10,12-16,18-19,22-23,25,27-29,31-36,38-39,41-54H2,1-3H3/b11-8-,20-17-,24-21-,30-26-,40-37-/t55-/m1/s1. The Morgan fingerprint density at radius 3 is 1.02 bits per heavy atom. The van der Waals surface area contributed by atoms with Gasteiger partial charge in [-0.1, -0.05) is 229 Å². The molecule has 0 N–H and O–H groups in total. The summed E-state index contributed by atoms with van der Waals surface area (Å²) in [7, 11) is 0. The number of ether oxygens (including phenoxy) is 3. The molecule has 370 valence electrons. The molecule has 0 amide bonds. The van der Waals surface area contributed by atoms with Gasteiger partial charge in [0.05, 0.1) is 0 Å². The van der Waals surface area contributed by atoms with Crippen LogP contribution in [0.3, 0.4) is 0 Å². The Bertz CT molecular complexity index is 1170. The first kappa shape index (κ1) is 61.1. The van der Waals surface area contributed by atoms with E-state index in [-0.39, 0.29) is 37.5 Å². The van der Waals surface area contributed by atoms with Crippen LogP contribution in [0.25, 0.3) is 0 Å². The van der Waals surface area contributed by atoms with Crippen LogP contribution in [0, 0.1) is 0 Å². The third kappa shape index (κ3) is 50.1. The second kappa shape index (κ2) is 52.7. The maximum absolute atomic E-state index is 12.8. The van der Waals surface area contributed by atoms with Gasteiger partial charge in [0.25, 0.3) is 0 Å². The Hall–Kier alpha value is -2.89. The smallest absolute Gasteiger partial charge is 0.306 e. The minimum atomic E-state index is -0.797. The highest BCUT2D eigenvalue weighted by molar-refractivity contribution is 5.71. The van der Waals surface area contributed by atoms with Gasteiger partial charge in [-0.25, -0.2) is 0 Å². The summed E-state index contributed by atoms with van der Waals surface area (Å²) in [6.07, 6.45) is 65.0. The molecule has 64 heavy (non-hydrogen) atoms. The molecule has 0 aliphatic carbocycles. The van der Waals surface area contributed by atoms with E-state index in [1.165, 1.54) is 141 Å². The van der Waals surface area contributed by atoms with Crippen molar-refractivity contribution in [1.29, 1.82) is 0 Å². The molecular formula is C58H102O6. The van der Waals surface area contributed by atoms with Crippen LogP contribution in [0.4, 0.5) is 0 Å². The Labute approximate surface area is 396 Å². The monoisotopic (exact) mass is 895 g/mol. The average molecular weight is 895 g/mol. The van der Waals surface area contributed by atoms with Crippen molar-refractivity contribution in [1.82, 2.24) is 0 Å². The van der Waals surface area contributed by atoms with Gasteiger partial charge in [0.2, 0.25) is 0 Å². The van der Waals surface area contributed by atoms with Crippen LogP contribution in [0.15, 0.2) is 60.8 Å². The van der Waals surface area contributed by atoms with Crippen molar-refractivity contribution in [3.63, 3.8) is 0 Å². The van der Waals surface area contributed by atoms with Crippen LogP contribution in [0.2, 0.25) is 0 Å². The molecule has 0 aliphatic rings. The fourth-order valence-corrected chi connectivity index (χ4v) is 7.66. The SMILES string of the molecule is CC/C=C\C/C=C\C/C=C\C/C=C\CCCCC(=O)O[C@H](COC(=O)CCCCCCC/C=C\CCCCCC)COC(=O)CCCCCCCCCCCCCCCCCCCC. The molecule has 0 radical (unpaired) electrons. The summed E-state index contributed by atoms with van der Waals surface area (Å²) >= 11 is 0. The van der Waals surface area contributed by atoms with Crippen molar-refractivity contribution in [3.8, 4) is 0 Å². The van der Waals surface area contributed by atoms with Crippen molar-refractivity contribution < 1.29 is 28.6 Å². The summed E-state index contributed by atoms with van der Waals surface area (Å²) in [5, 5.41) is 0. The Kier molecular flexibility index (Phi) is 50.4. The van der Waals surface area contributed by atoms with E-state index in [0.29, 0.717) is 19.3 Å². The fraction of sp³-hybridized carbons (Fsp3) is 0.776. The highest BCUT2D eigenvalue weighted by Crippen LogP contribution is 2.16. The second-order valence-electron chi connectivity index (χ2n) is 18.1. The van der Waals surface area contributed by atoms with Crippen LogP contribution < -0.4 is 0 Å². The highest BCUT2D eigenvalue weighted by Gasteiger charge is 2.19. The zero-order valence-electron chi connectivity index (χ0n) is 42.3. The van der Waals surface area contributed by atoms with E-state index >= 15 is 0 Å². The molecule has 6 nitrogen and oxygen atoms in total. The van der Waals surface area contributed by atoms with Gasteiger partial charge in [0.15, 0.2) is 6.10 Å². The molecule has 0 unspecified atom stereocenters. The largest absolute Gasteiger partial charge is 0.462 e. The fourth-order valence-electron chi connectivity index (χ4n) is 7.66. The van der Waals surface area contributed by atoms with Gasteiger partial charge in [-0.2, -0.15) is 0 Å². The van der Waals surface area contributed by atoms with Crippen molar-refractivity contribution in [2.75, 3.05) is 13.2 Å². The van der Waals surface area contributed by atoms with E-state index in [4.69, 9.17) is 14.2 Å². The lowest BCUT2D eigenvalue weighted by molar-refractivity contribution is -0.167. The van der Waals surface area contributed by atoms with Gasteiger partial charge in [0.1, 0.15) is 13.2 Å². The van der Waals surface area contributed by atoms with Crippen LogP contribution in [0.5, 0.6) is 0 Å². The molecule has 0 aliphatic heterocycles. The molecule has 0 rings (SSSR count). The van der Waals surface area contributed by atoms with E-state index in [0.717, 1.165) is 83.5 Å². The van der Waals surface area contributed by atoms with Crippen molar-refractivity contribution in [3.05, 3.63) is 60.8 Å². The van der Waals surface area contributed by atoms with Crippen LogP contribution in [0.1, 0.15) is 271 Å². The molecule has 0 aromatic rings. The average Bonchev–Trinajstić information content (AvgIpc) is 3.29. The quantitative estimate of drug-likeness (QED) is 0.0262. The number of carbonyl (C=O) groups excluding carboxylic acids is 3. The van der Waals surface area contributed by atoms with Crippen molar-refractivity contribution in [2.24, 2.45) is 0 Å². The minimum absolute atomic E-state index is 0.0912. The number of esters is 3. The molecule has 0 aromatic carbocycles. The molecule has 0 bridgehead atoms. The first-order chi connectivity index (χ1) is 31.5. The Balaban J connectivity index is 4.40. The van der Waals surface area contributed by atoms with Crippen molar-refractivity contribution >= 4 is 17.9 Å². The maximum atomic E-state index is 12.8. The van der Waals surface area contributed by atoms with E-state index in [1.807, 2.05) is 0 Å². The number of hydrogen-bond donors (Lipinski definition) is 0. The zero-order valence-corrected chi connectivity index (χ0v) is 42.3. The number of carbonyl (C=O) groups is 3. The molecule has 0 spiro atoms. The minimum Gasteiger partial charge on any atom is -0.462 e. The second-order valence-corrected chi connectivity index (χ2v) is 18.1. The van der Waals surface area contributed by atoms with Crippen LogP contribution in [-0.2, 0) is 28.6 Å². The first-order valence-corrected chi connectivity index (χ1v) is 27.3. The van der Waals surface area contributed by atoms with Gasteiger partial charge in [-0.05, 0) is 83.5 Å². The predicted octanol–water partition coefficient (Wildman–Crippen LogP) is 18.0. The topological polar surface area (TPSA) is 78.9 Å². The van der Waals surface area contributed by atoms with E-state index in [2.05, 4.69) is 81.5 Å². The first-order valence-electron chi connectivity index (χ1n) is 27.3. The van der Waals surface area contributed by atoms with Crippen LogP contribution >= 0.6 is 0 Å². The molecule has 0 saturated heterocycles. The van der Waals surface area contributed by atoms with Gasteiger partial charge < -0.3 is 14.2 Å². The zero-order chi connectivity index (χ0) is 46.5. The van der Waals surface area contributed by atoms with Crippen molar-refractivity contribution in [2.45, 2.75) is 277 Å². The van der Waals surface area contributed by atoms with Gasteiger partial charge >= 0.3 is 17.9 Å². The number of hydrogen-bond acceptors (Lipinski definition) is 6. The molecule has 0 aromatic heterocycles. The number of unbranched alkanes of at least 4 members (excludes halogenated alkanes) is 28. The lowest BCUT2D eigenvalue weighted by Gasteiger charge is -2.18. The lowest BCUT2D eigenvalue weighted by Crippen LogP contribution is -2.30. The third-order valence-corrected chi connectivity index (χ3v) is 11.8. The molecule has 0 saturated carbocycles. The number of rotatable bonds is 49. The normalized spacial score (nSPS) is 12.5. The predicted molar refractivity (Wildman–Crippen MR) is 275 cm³/mol. The molecule has 0 heterocycles. The molecule has 1 atom stereocenters. The van der Waals surface area contributed by atoms with Gasteiger partial charge in [-0.3, -0.25) is 14.4 Å². The Morgan fingerprint density at radius 2 is 0.609 bits per heavy atom. The Morgan fingerprint density at radius 1 is 0.328 bits per heavy atom. The number of allylic oxidation sites excluding steroid dienone is 10. The summed E-state index contributed by atoms with van der Waals surface area (Å²) in [4.78, 5) is 38.0. The maximum Gasteiger partial charge on any atom is 0.306 e. The summed E-state index contributed by atoms with van der Waals surface area (Å²) in [5.74, 6) is -0.934. The van der Waals surface area contributed by atoms with E-state index in [1.54, 1.807) is 0 Å². The van der Waals surface area contributed by atoms with E-state index < -0.39 is 6.10 Å². The highest BCUT2D eigenvalue weighted by atomic mass is 16.6. The van der Waals surface area contributed by atoms with Crippen LogP contribution in [-0.4, -0.2) is 37.2 Å². The summed E-state index contributed by atoms with van der Waals surface area (Å²) in [6, 6.07) is 0. The molecular weight excluding hydrogens is 793 g/mol. The summed E-state index contributed by atoms with van der Waals surface area (Å²) in [5.41, 5.74) is 0. The summed E-state index contributed by atoms with van der Waals surface area (Å²) in [6.45, 7) is 6.49. The third-order valence-electron chi connectivity index (χ3n) is 11.8. The molecule has 6 heteroatoms. The van der Waals surface area contributed by atoms with Gasteiger partial charge in [0, 0.05) is 19.3 Å². The van der Waals surface area contributed by atoms with E-state index in [9.17, 15) is 14.4 Å². The lowest BCUT2D eigenvalue weighted by atomic mass is 10.0.